The van der Waals surface area contributed by atoms with Gasteiger partial charge in [0.1, 0.15) is 0 Å². The number of carboxylic acids is 1. The van der Waals surface area contributed by atoms with Crippen LogP contribution < -0.4 is 0 Å². The monoisotopic (exact) mass is 289 g/mol. The van der Waals surface area contributed by atoms with Crippen LogP contribution >= 0.6 is 0 Å². The molecule has 1 saturated heterocycles. The molecule has 114 valence electrons. The fourth-order valence-corrected chi connectivity index (χ4v) is 2.96. The number of aliphatic carboxylic acids is 1. The predicted octanol–water partition coefficient (Wildman–Crippen LogP) is 2.68. The second-order valence-corrected chi connectivity index (χ2v) is 6.32. The summed E-state index contributed by atoms with van der Waals surface area (Å²) in [5.74, 6) is -0.418. The molecule has 1 N–H and O–H groups in total. The highest BCUT2D eigenvalue weighted by Gasteiger charge is 2.35. The van der Waals surface area contributed by atoms with Crippen LogP contribution in [0.1, 0.15) is 38.7 Å². The molecule has 1 aromatic carbocycles. The smallest absolute Gasteiger partial charge is 0.303 e. The molecule has 1 heterocycles. The SMILES string of the molecule is CC(C)(C(=O)N1CCC(CC(=O)O)CC1)c1ccccc1. The van der Waals surface area contributed by atoms with E-state index in [0.717, 1.165) is 18.4 Å². The van der Waals surface area contributed by atoms with E-state index in [1.165, 1.54) is 0 Å². The van der Waals surface area contributed by atoms with Crippen molar-refractivity contribution in [2.75, 3.05) is 13.1 Å². The maximum absolute atomic E-state index is 12.8. The molecule has 0 bridgehead atoms. The Morgan fingerprint density at radius 3 is 2.29 bits per heavy atom. The fourth-order valence-electron chi connectivity index (χ4n) is 2.96. The van der Waals surface area contributed by atoms with Gasteiger partial charge in [-0.1, -0.05) is 30.3 Å². The number of hydrogen-bond acceptors (Lipinski definition) is 2. The second-order valence-electron chi connectivity index (χ2n) is 6.32. The standard InChI is InChI=1S/C17H23NO3/c1-17(2,14-6-4-3-5-7-14)16(21)18-10-8-13(9-11-18)12-15(19)20/h3-7,13H,8-12H2,1-2H3,(H,19,20). The summed E-state index contributed by atoms with van der Waals surface area (Å²) < 4.78 is 0. The summed E-state index contributed by atoms with van der Waals surface area (Å²) in [5, 5.41) is 8.84. The minimum atomic E-state index is -0.746. The van der Waals surface area contributed by atoms with Gasteiger partial charge in [-0.15, -0.1) is 0 Å². The third-order valence-corrected chi connectivity index (χ3v) is 4.40. The number of piperidine rings is 1. The van der Waals surface area contributed by atoms with Crippen molar-refractivity contribution in [3.05, 3.63) is 35.9 Å². The Hall–Kier alpha value is -1.84. The van der Waals surface area contributed by atoms with Crippen LogP contribution in [0.2, 0.25) is 0 Å². The summed E-state index contributed by atoms with van der Waals surface area (Å²) in [6.45, 7) is 5.22. The lowest BCUT2D eigenvalue weighted by atomic mass is 9.82. The molecule has 1 aromatic rings. The number of carbonyl (C=O) groups excluding carboxylic acids is 1. The highest BCUT2D eigenvalue weighted by molar-refractivity contribution is 5.87. The number of nitrogens with zero attached hydrogens (tertiary/aromatic N) is 1. The van der Waals surface area contributed by atoms with Crippen LogP contribution in [-0.4, -0.2) is 35.0 Å². The summed E-state index contributed by atoms with van der Waals surface area (Å²) in [5.41, 5.74) is 0.476. The molecule has 1 fully saturated rings. The van der Waals surface area contributed by atoms with Crippen molar-refractivity contribution in [1.82, 2.24) is 4.90 Å². The van der Waals surface area contributed by atoms with Gasteiger partial charge in [0, 0.05) is 19.5 Å². The second kappa shape index (κ2) is 6.29. The molecule has 0 radical (unpaired) electrons. The number of hydrogen-bond donors (Lipinski definition) is 1. The fraction of sp³-hybridized carbons (Fsp3) is 0.529. The maximum atomic E-state index is 12.8. The molecule has 0 spiro atoms. The van der Waals surface area contributed by atoms with E-state index in [1.54, 1.807) is 0 Å². The molecular formula is C17H23NO3. The largest absolute Gasteiger partial charge is 0.481 e. The molecule has 0 saturated carbocycles. The summed E-state index contributed by atoms with van der Waals surface area (Å²) >= 11 is 0. The van der Waals surface area contributed by atoms with E-state index in [2.05, 4.69) is 0 Å². The highest BCUT2D eigenvalue weighted by Crippen LogP contribution is 2.28. The average molecular weight is 289 g/mol. The van der Waals surface area contributed by atoms with Crippen LogP contribution in [0.5, 0.6) is 0 Å². The Labute approximate surface area is 125 Å². The number of benzene rings is 1. The molecule has 1 aliphatic heterocycles. The van der Waals surface area contributed by atoms with E-state index in [-0.39, 0.29) is 18.2 Å². The molecule has 1 aliphatic rings. The van der Waals surface area contributed by atoms with Crippen molar-refractivity contribution >= 4 is 11.9 Å². The Morgan fingerprint density at radius 1 is 1.19 bits per heavy atom. The van der Waals surface area contributed by atoms with Crippen LogP contribution in [0, 0.1) is 5.92 Å². The maximum Gasteiger partial charge on any atom is 0.303 e. The lowest BCUT2D eigenvalue weighted by Crippen LogP contribution is -2.47. The van der Waals surface area contributed by atoms with Gasteiger partial charge in [-0.2, -0.15) is 0 Å². The first-order valence-corrected chi connectivity index (χ1v) is 7.48. The molecule has 0 aromatic heterocycles. The van der Waals surface area contributed by atoms with Crippen molar-refractivity contribution in [3.8, 4) is 0 Å². The van der Waals surface area contributed by atoms with Crippen LogP contribution in [0.15, 0.2) is 30.3 Å². The van der Waals surface area contributed by atoms with Crippen LogP contribution in [0.25, 0.3) is 0 Å². The van der Waals surface area contributed by atoms with E-state index >= 15 is 0 Å². The zero-order valence-electron chi connectivity index (χ0n) is 12.7. The third kappa shape index (κ3) is 3.63. The van der Waals surface area contributed by atoms with Crippen LogP contribution in [0.4, 0.5) is 0 Å². The minimum absolute atomic E-state index is 0.127. The molecule has 4 heteroatoms. The lowest BCUT2D eigenvalue weighted by Gasteiger charge is -2.37. The van der Waals surface area contributed by atoms with Crippen molar-refractivity contribution in [2.45, 2.75) is 38.5 Å². The van der Waals surface area contributed by atoms with Crippen molar-refractivity contribution in [1.29, 1.82) is 0 Å². The minimum Gasteiger partial charge on any atom is -0.481 e. The van der Waals surface area contributed by atoms with Gasteiger partial charge in [-0.05, 0) is 38.2 Å². The van der Waals surface area contributed by atoms with E-state index in [1.807, 2.05) is 49.1 Å². The zero-order valence-corrected chi connectivity index (χ0v) is 12.7. The van der Waals surface area contributed by atoms with Gasteiger partial charge in [0.25, 0.3) is 0 Å². The Balaban J connectivity index is 2.00. The summed E-state index contributed by atoms with van der Waals surface area (Å²) in [6, 6.07) is 9.80. The predicted molar refractivity (Wildman–Crippen MR) is 81.0 cm³/mol. The average Bonchev–Trinajstić information content (AvgIpc) is 2.47. The van der Waals surface area contributed by atoms with E-state index in [4.69, 9.17) is 5.11 Å². The van der Waals surface area contributed by atoms with Gasteiger partial charge < -0.3 is 10.0 Å². The van der Waals surface area contributed by atoms with Gasteiger partial charge in [-0.3, -0.25) is 9.59 Å². The molecular weight excluding hydrogens is 266 g/mol. The molecule has 2 rings (SSSR count). The summed E-state index contributed by atoms with van der Waals surface area (Å²) in [6.07, 6.45) is 1.77. The molecule has 0 unspecified atom stereocenters. The number of rotatable bonds is 4. The topological polar surface area (TPSA) is 57.6 Å². The quantitative estimate of drug-likeness (QED) is 0.927. The van der Waals surface area contributed by atoms with E-state index < -0.39 is 11.4 Å². The van der Waals surface area contributed by atoms with Gasteiger partial charge in [0.05, 0.1) is 5.41 Å². The number of amides is 1. The molecule has 0 aliphatic carbocycles. The Bertz CT molecular complexity index is 502. The van der Waals surface area contributed by atoms with Crippen molar-refractivity contribution in [2.24, 2.45) is 5.92 Å². The van der Waals surface area contributed by atoms with Crippen LogP contribution in [-0.2, 0) is 15.0 Å². The van der Waals surface area contributed by atoms with Gasteiger partial charge in [0.2, 0.25) is 5.91 Å². The van der Waals surface area contributed by atoms with Gasteiger partial charge in [-0.25, -0.2) is 0 Å². The molecule has 0 atom stereocenters. The normalized spacial score (nSPS) is 16.8. The number of carboxylic acid groups (broad SMARTS) is 1. The molecule has 1 amide bonds. The number of carbonyl (C=O) groups is 2. The van der Waals surface area contributed by atoms with Gasteiger partial charge >= 0.3 is 5.97 Å². The van der Waals surface area contributed by atoms with E-state index in [9.17, 15) is 9.59 Å². The zero-order chi connectivity index (χ0) is 15.5. The first kappa shape index (κ1) is 15.5. The van der Waals surface area contributed by atoms with Crippen molar-refractivity contribution < 1.29 is 14.7 Å². The third-order valence-electron chi connectivity index (χ3n) is 4.40. The molecule has 21 heavy (non-hydrogen) atoms. The van der Waals surface area contributed by atoms with E-state index in [0.29, 0.717) is 13.1 Å². The van der Waals surface area contributed by atoms with Crippen molar-refractivity contribution in [3.63, 3.8) is 0 Å². The van der Waals surface area contributed by atoms with Crippen LogP contribution in [0.3, 0.4) is 0 Å². The highest BCUT2D eigenvalue weighted by atomic mass is 16.4. The Morgan fingerprint density at radius 2 is 1.76 bits per heavy atom. The molecule has 4 nitrogen and oxygen atoms in total. The van der Waals surface area contributed by atoms with Gasteiger partial charge in [0.15, 0.2) is 0 Å². The first-order chi connectivity index (χ1) is 9.91. The Kier molecular flexibility index (Phi) is 4.66. The number of likely N-dealkylation sites (tertiary alicyclic amines) is 1. The summed E-state index contributed by atoms with van der Waals surface area (Å²) in [7, 11) is 0. The summed E-state index contributed by atoms with van der Waals surface area (Å²) in [4.78, 5) is 25.4. The lowest BCUT2D eigenvalue weighted by molar-refractivity contribution is -0.139. The first-order valence-electron chi connectivity index (χ1n) is 7.48.